The molecule has 0 radical (unpaired) electrons. The number of fused-ring (bicyclic) bond motifs is 2. The van der Waals surface area contributed by atoms with Gasteiger partial charge in [-0.15, -0.1) is 0 Å². The first-order chi connectivity index (χ1) is 36.8. The number of esters is 1. The van der Waals surface area contributed by atoms with Crippen LogP contribution in [0.15, 0.2) is 67.3 Å². The lowest BCUT2D eigenvalue weighted by Crippen LogP contribution is -2.62. The number of Topliss-reactive ketones (excluding diaryl/α,β-unsaturated/α-hetero) is 1. The van der Waals surface area contributed by atoms with E-state index >= 15 is 8.78 Å². The van der Waals surface area contributed by atoms with E-state index in [4.69, 9.17) is 14.5 Å². The van der Waals surface area contributed by atoms with E-state index in [-0.39, 0.29) is 17.7 Å². The van der Waals surface area contributed by atoms with Crippen LogP contribution in [-0.2, 0) is 41.6 Å². The van der Waals surface area contributed by atoms with Crippen molar-refractivity contribution in [3.63, 3.8) is 0 Å². The summed E-state index contributed by atoms with van der Waals surface area (Å²) in [5.74, 6) is -0.567. The van der Waals surface area contributed by atoms with E-state index in [0.717, 1.165) is 88.8 Å². The highest BCUT2D eigenvalue weighted by molar-refractivity contribution is 5.88. The number of aliphatic hydroxyl groups excluding tert-OH is 1. The molecule has 78 heavy (non-hydrogen) atoms. The number of ether oxygens (including phenoxy) is 3. The van der Waals surface area contributed by atoms with E-state index in [9.17, 15) is 46.2 Å². The fraction of sp³-hybridized carbons (Fsp3) is 0.527. The first-order valence-electron chi connectivity index (χ1n) is 25.5. The number of piperazine rings is 1. The van der Waals surface area contributed by atoms with Crippen molar-refractivity contribution >= 4 is 29.6 Å². The number of rotatable bonds is 20. The molecule has 3 aliphatic rings. The Bertz CT molecular complexity index is 2790. The van der Waals surface area contributed by atoms with E-state index in [1.807, 2.05) is 17.4 Å². The van der Waals surface area contributed by atoms with Crippen molar-refractivity contribution in [2.75, 3.05) is 52.0 Å². The highest BCUT2D eigenvalue weighted by Gasteiger charge is 2.56. The minimum Gasteiger partial charge on any atom is -0.469 e. The first kappa shape index (κ1) is 59.1. The lowest BCUT2D eigenvalue weighted by atomic mass is 9.77. The molecular formula is C55H65F7N8O8. The molecule has 3 aliphatic heterocycles. The number of carbonyl (C=O) groups excluding carboxylic acids is 4. The van der Waals surface area contributed by atoms with Gasteiger partial charge in [0.15, 0.2) is 5.78 Å². The monoisotopic (exact) mass is 1100 g/mol. The number of nitrogens with one attached hydrogen (secondary N) is 2. The van der Waals surface area contributed by atoms with Gasteiger partial charge in [-0.3, -0.25) is 29.3 Å². The summed E-state index contributed by atoms with van der Waals surface area (Å²) in [4.78, 5) is 66.8. The Morgan fingerprint density at radius 3 is 2.03 bits per heavy atom. The van der Waals surface area contributed by atoms with Gasteiger partial charge < -0.3 is 29.5 Å². The smallest absolute Gasteiger partial charge is 0.407 e. The summed E-state index contributed by atoms with van der Waals surface area (Å²) in [6.07, 6.45) is -3.98. The van der Waals surface area contributed by atoms with Crippen molar-refractivity contribution in [3.8, 4) is 23.1 Å². The highest BCUT2D eigenvalue weighted by Crippen LogP contribution is 2.42. The van der Waals surface area contributed by atoms with Gasteiger partial charge in [0.2, 0.25) is 5.91 Å². The van der Waals surface area contributed by atoms with Gasteiger partial charge in [0, 0.05) is 79.3 Å². The van der Waals surface area contributed by atoms with Crippen LogP contribution < -0.4 is 15.6 Å². The Labute approximate surface area is 448 Å². The summed E-state index contributed by atoms with van der Waals surface area (Å²) >= 11 is 0. The number of ketones is 1. The number of nitrogens with zero attached hydrogens (tertiary/aromatic N) is 6. The number of hydrogen-bond acceptors (Lipinski definition) is 13. The summed E-state index contributed by atoms with van der Waals surface area (Å²) in [5.41, 5.74) is -0.633. The van der Waals surface area contributed by atoms with Crippen LogP contribution in [0.3, 0.4) is 0 Å². The molecule has 5 heterocycles. The molecule has 2 aromatic carbocycles. The number of imidazole rings is 1. The molecule has 3 fully saturated rings. The summed E-state index contributed by atoms with van der Waals surface area (Å²) in [6, 6.07) is 11.3. The third-order valence-corrected chi connectivity index (χ3v) is 14.9. The molecule has 7 rings (SSSR count). The van der Waals surface area contributed by atoms with Crippen LogP contribution in [0.4, 0.5) is 41.3 Å². The van der Waals surface area contributed by atoms with Gasteiger partial charge in [-0.05, 0) is 86.4 Å². The summed E-state index contributed by atoms with van der Waals surface area (Å²) in [5, 5.41) is 15.1. The van der Waals surface area contributed by atoms with Gasteiger partial charge in [0.1, 0.15) is 23.5 Å². The van der Waals surface area contributed by atoms with Crippen LogP contribution in [0.5, 0.6) is 0 Å². The predicted molar refractivity (Wildman–Crippen MR) is 271 cm³/mol. The molecule has 422 valence electrons. The van der Waals surface area contributed by atoms with Crippen LogP contribution in [-0.4, -0.2) is 137 Å². The Kier molecular flexibility index (Phi) is 18.6. The molecule has 0 aliphatic carbocycles. The Morgan fingerprint density at radius 2 is 1.50 bits per heavy atom. The van der Waals surface area contributed by atoms with Crippen LogP contribution in [0.1, 0.15) is 89.1 Å². The average Bonchev–Trinajstić information content (AvgIpc) is 4.01. The fourth-order valence-electron chi connectivity index (χ4n) is 10.1. The number of amides is 2. The molecule has 16 nitrogen and oxygen atoms in total. The number of pyridine rings is 1. The predicted octanol–water partition coefficient (Wildman–Crippen LogP) is 7.62. The van der Waals surface area contributed by atoms with Gasteiger partial charge in [0.25, 0.3) is 0 Å². The zero-order valence-corrected chi connectivity index (χ0v) is 44.4. The van der Waals surface area contributed by atoms with Crippen molar-refractivity contribution < 1.29 is 69.2 Å². The van der Waals surface area contributed by atoms with Gasteiger partial charge in [-0.2, -0.15) is 22.0 Å². The van der Waals surface area contributed by atoms with Crippen molar-refractivity contribution in [2.45, 2.75) is 116 Å². The van der Waals surface area contributed by atoms with Gasteiger partial charge in [-0.25, -0.2) is 28.6 Å². The molecule has 3 N–H and O–H groups in total. The largest absolute Gasteiger partial charge is 0.469 e. The summed E-state index contributed by atoms with van der Waals surface area (Å²) in [6.45, 7) is 5.17. The Morgan fingerprint density at radius 1 is 0.872 bits per heavy atom. The number of alkyl carbamates (subject to hydrolysis) is 1. The lowest BCUT2D eigenvalue weighted by molar-refractivity contribution is -0.220. The Hall–Kier alpha value is -6.61. The van der Waals surface area contributed by atoms with Crippen LogP contribution in [0.25, 0.3) is 11.3 Å². The minimum atomic E-state index is -5.04. The second kappa shape index (κ2) is 24.6. The molecule has 2 aromatic heterocycles. The maximum absolute atomic E-state index is 16.1. The number of halogens is 7. The van der Waals surface area contributed by atoms with Crippen LogP contribution >= 0.6 is 0 Å². The summed E-state index contributed by atoms with van der Waals surface area (Å²) in [7, 11) is 2.02. The fourth-order valence-corrected chi connectivity index (χ4v) is 10.1. The second-order valence-corrected chi connectivity index (χ2v) is 21.7. The second-order valence-electron chi connectivity index (χ2n) is 21.7. The number of hydrogen-bond donors (Lipinski definition) is 3. The molecule has 4 aromatic rings. The van der Waals surface area contributed by atoms with Crippen molar-refractivity contribution in [1.29, 1.82) is 0 Å². The first-order valence-corrected chi connectivity index (χ1v) is 25.5. The molecule has 2 amide bonds. The van der Waals surface area contributed by atoms with Crippen LogP contribution in [0, 0.1) is 46.1 Å². The number of carbonyl (C=O) groups is 4. The number of alkyl halides is 5. The molecule has 3 saturated heterocycles. The van der Waals surface area contributed by atoms with E-state index < -0.39 is 114 Å². The van der Waals surface area contributed by atoms with E-state index in [1.165, 1.54) is 0 Å². The average molecular weight is 1100 g/mol. The van der Waals surface area contributed by atoms with Crippen molar-refractivity contribution in [1.82, 2.24) is 35.2 Å². The van der Waals surface area contributed by atoms with Gasteiger partial charge in [0.05, 0.1) is 69.4 Å². The van der Waals surface area contributed by atoms with Gasteiger partial charge >= 0.3 is 24.8 Å². The standard InChI is InChI=1S/C55H65F7N8O8/c1-53(2,3)41(22-48(73)76-6)50(74)66-69(26-40-42(56)19-35(20-43(40)57)44-27-68(31-64-44)51(58)59)28-46(72)36(21-45(71)49(65-52(75)77-7)54(4,5)55(60,61)62)18-33-11-8-32(9-12-33)10-13-34-14-17-47(63-23-34)67-24-37-15-16-38(25-67)70(37)39-29-78-30-39/h8-9,11-12,14,17,19-20,23,27,31,36-39,41,46,49,51,72H,15-16,18,21-22,24-26,28-30H2,1-7H3,(H,65,75)(H,66,74)/t36-,37?,38?,41-,46+,49-/m1/s1. The Balaban J connectivity index is 1.16. The molecule has 2 unspecified atom stereocenters. The van der Waals surface area contributed by atoms with E-state index in [2.05, 4.69) is 36.8 Å². The molecule has 23 heteroatoms. The summed E-state index contributed by atoms with van der Waals surface area (Å²) < 4.78 is 118. The van der Waals surface area contributed by atoms with E-state index in [0.29, 0.717) is 53.2 Å². The number of anilines is 1. The highest BCUT2D eigenvalue weighted by atomic mass is 19.4. The maximum atomic E-state index is 16.1. The molecule has 0 spiro atoms. The van der Waals surface area contributed by atoms with Crippen molar-refractivity contribution in [3.05, 3.63) is 101 Å². The number of hydrazine groups is 1. The number of methoxy groups -OCH3 is 2. The quantitative estimate of drug-likeness (QED) is 0.0341. The molecule has 0 saturated carbocycles. The zero-order valence-electron chi connectivity index (χ0n) is 44.4. The van der Waals surface area contributed by atoms with E-state index in [1.54, 1.807) is 51.2 Å². The SMILES string of the molecule is COC(=O)C[C@H](C(=O)NN(Cc1c(F)cc(-c2cn(C(F)F)cn2)cc1F)C[C@H](O)[C@@H](CC(=O)[C@@H](NC(=O)OC)C(C)(C)C(F)(F)F)Cc1ccc(C#Cc2ccc(N3CC4CCC(C3)N4C3COC3)nc2)cc1)C(C)(C)C. The third-order valence-electron chi connectivity index (χ3n) is 14.9. The zero-order chi connectivity index (χ0) is 56.9. The molecular weight excluding hydrogens is 1030 g/mol. The lowest BCUT2D eigenvalue weighted by Gasteiger charge is -2.47. The number of benzene rings is 2. The normalized spacial score (nSPS) is 18.6. The maximum Gasteiger partial charge on any atom is 0.407 e. The topological polar surface area (TPSA) is 181 Å². The molecule has 2 bridgehead atoms. The van der Waals surface area contributed by atoms with Gasteiger partial charge in [-0.1, -0.05) is 44.7 Å². The number of aliphatic hydroxyl groups is 1. The van der Waals surface area contributed by atoms with Crippen molar-refractivity contribution in [2.24, 2.45) is 22.7 Å². The third kappa shape index (κ3) is 14.2. The number of aromatic nitrogens is 3. The molecule has 6 atom stereocenters. The minimum absolute atomic E-state index is 0.189. The van der Waals surface area contributed by atoms with Crippen LogP contribution in [0.2, 0.25) is 0 Å².